The number of phenols is 1. The molecule has 0 radical (unpaired) electrons. The Morgan fingerprint density at radius 2 is 2.00 bits per heavy atom. The molecule has 0 aromatic heterocycles. The van der Waals surface area contributed by atoms with E-state index in [-0.39, 0.29) is 11.5 Å². The summed E-state index contributed by atoms with van der Waals surface area (Å²) in [6, 6.07) is 11.3. The number of carbonyl (C=O) groups excluding carboxylic acids is 1. The summed E-state index contributed by atoms with van der Waals surface area (Å²) in [5, 5.41) is 14.0. The first kappa shape index (κ1) is 14.9. The van der Waals surface area contributed by atoms with E-state index in [4.69, 9.17) is 16.3 Å². The number of hydrazone groups is 1. The number of benzene rings is 2. The Balaban J connectivity index is 2.03. The third kappa shape index (κ3) is 3.97. The molecule has 5 nitrogen and oxygen atoms in total. The van der Waals surface area contributed by atoms with E-state index in [1.165, 1.54) is 31.5 Å². The van der Waals surface area contributed by atoms with Crippen LogP contribution in [0.25, 0.3) is 0 Å². The van der Waals surface area contributed by atoms with Gasteiger partial charge in [-0.1, -0.05) is 23.7 Å². The zero-order valence-electron chi connectivity index (χ0n) is 11.2. The minimum absolute atomic E-state index is 0.0290. The van der Waals surface area contributed by atoms with Crippen LogP contribution >= 0.6 is 11.6 Å². The Hall–Kier alpha value is -2.53. The molecule has 2 N–H and O–H groups in total. The first-order chi connectivity index (χ1) is 10.1. The number of rotatable bonds is 4. The molecule has 2 aromatic carbocycles. The maximum absolute atomic E-state index is 11.9. The predicted octanol–water partition coefficient (Wildman–Crippen LogP) is 2.82. The van der Waals surface area contributed by atoms with E-state index in [0.29, 0.717) is 10.6 Å². The number of carbonyl (C=O) groups is 1. The van der Waals surface area contributed by atoms with Gasteiger partial charge in [0.25, 0.3) is 5.91 Å². The highest BCUT2D eigenvalue weighted by molar-refractivity contribution is 6.30. The molecule has 0 aliphatic heterocycles. The van der Waals surface area contributed by atoms with E-state index in [1.807, 2.05) is 0 Å². The molecule has 108 valence electrons. The van der Waals surface area contributed by atoms with E-state index in [2.05, 4.69) is 10.5 Å². The lowest BCUT2D eigenvalue weighted by molar-refractivity contribution is 0.0955. The van der Waals surface area contributed by atoms with Crippen molar-refractivity contribution in [1.29, 1.82) is 0 Å². The van der Waals surface area contributed by atoms with Gasteiger partial charge in [0.1, 0.15) is 0 Å². The molecule has 0 aliphatic carbocycles. The van der Waals surface area contributed by atoms with Crippen molar-refractivity contribution in [2.45, 2.75) is 0 Å². The van der Waals surface area contributed by atoms with Crippen LogP contribution < -0.4 is 10.2 Å². The smallest absolute Gasteiger partial charge is 0.271 e. The first-order valence-electron chi connectivity index (χ1n) is 6.06. The van der Waals surface area contributed by atoms with Gasteiger partial charge >= 0.3 is 0 Å². The molecule has 0 fully saturated rings. The Morgan fingerprint density at radius 1 is 1.29 bits per heavy atom. The van der Waals surface area contributed by atoms with Crippen molar-refractivity contribution < 1.29 is 14.6 Å². The van der Waals surface area contributed by atoms with E-state index in [9.17, 15) is 9.90 Å². The Bertz CT molecular complexity index is 669. The number of phenolic OH excluding ortho intramolecular Hbond substituents is 1. The van der Waals surface area contributed by atoms with Crippen LogP contribution in [0.4, 0.5) is 0 Å². The van der Waals surface area contributed by atoms with Crippen LogP contribution in [0, 0.1) is 0 Å². The highest BCUT2D eigenvalue weighted by Crippen LogP contribution is 2.26. The van der Waals surface area contributed by atoms with Gasteiger partial charge in [-0.15, -0.1) is 0 Å². The monoisotopic (exact) mass is 304 g/mol. The molecule has 0 saturated carbocycles. The fraction of sp³-hybridized carbons (Fsp3) is 0.0667. The molecule has 2 rings (SSSR count). The number of hydrogen-bond acceptors (Lipinski definition) is 4. The van der Waals surface area contributed by atoms with E-state index < -0.39 is 5.91 Å². The number of amides is 1. The molecule has 21 heavy (non-hydrogen) atoms. The van der Waals surface area contributed by atoms with Gasteiger partial charge in [0, 0.05) is 10.6 Å². The van der Waals surface area contributed by atoms with Crippen LogP contribution in [0.1, 0.15) is 15.9 Å². The summed E-state index contributed by atoms with van der Waals surface area (Å²) in [6.07, 6.45) is 1.51. The quantitative estimate of drug-likeness (QED) is 0.674. The Kier molecular flexibility index (Phi) is 4.79. The van der Waals surface area contributed by atoms with Gasteiger partial charge in [0.2, 0.25) is 0 Å². The minimum Gasteiger partial charge on any atom is -0.504 e. The van der Waals surface area contributed by atoms with Crippen LogP contribution in [0.2, 0.25) is 5.02 Å². The van der Waals surface area contributed by atoms with Crippen molar-refractivity contribution in [2.24, 2.45) is 5.10 Å². The zero-order valence-corrected chi connectivity index (χ0v) is 12.0. The molecular formula is C15H13ClN2O3. The third-order valence-electron chi connectivity index (χ3n) is 2.69. The number of nitrogens with zero attached hydrogens (tertiary/aromatic N) is 1. The molecule has 0 unspecified atom stereocenters. The SMILES string of the molecule is COc1cc(C(=O)N/N=C/c2ccc(Cl)cc2)ccc1O. The second kappa shape index (κ2) is 6.76. The van der Waals surface area contributed by atoms with Crippen molar-refractivity contribution in [3.8, 4) is 11.5 Å². The summed E-state index contributed by atoms with van der Waals surface area (Å²) in [4.78, 5) is 11.9. The highest BCUT2D eigenvalue weighted by Gasteiger charge is 2.08. The predicted molar refractivity (Wildman–Crippen MR) is 81.2 cm³/mol. The van der Waals surface area contributed by atoms with Crippen LogP contribution in [-0.2, 0) is 0 Å². The van der Waals surface area contributed by atoms with Gasteiger partial charge in [0.15, 0.2) is 11.5 Å². The maximum Gasteiger partial charge on any atom is 0.271 e. The van der Waals surface area contributed by atoms with Gasteiger partial charge in [-0.2, -0.15) is 5.10 Å². The molecule has 0 aliphatic rings. The van der Waals surface area contributed by atoms with Crippen molar-refractivity contribution in [3.63, 3.8) is 0 Å². The average Bonchev–Trinajstić information content (AvgIpc) is 2.49. The molecule has 2 aromatic rings. The largest absolute Gasteiger partial charge is 0.504 e. The third-order valence-corrected chi connectivity index (χ3v) is 2.94. The van der Waals surface area contributed by atoms with Crippen LogP contribution in [0.15, 0.2) is 47.6 Å². The van der Waals surface area contributed by atoms with E-state index >= 15 is 0 Å². The summed E-state index contributed by atoms with van der Waals surface area (Å²) in [7, 11) is 1.41. The van der Waals surface area contributed by atoms with Crippen LogP contribution in [0.5, 0.6) is 11.5 Å². The highest BCUT2D eigenvalue weighted by atomic mass is 35.5. The molecular weight excluding hydrogens is 292 g/mol. The summed E-state index contributed by atoms with van der Waals surface area (Å²) in [6.45, 7) is 0. The topological polar surface area (TPSA) is 70.9 Å². The summed E-state index contributed by atoms with van der Waals surface area (Å²) >= 11 is 5.77. The van der Waals surface area contributed by atoms with Gasteiger partial charge in [-0.25, -0.2) is 5.43 Å². The maximum atomic E-state index is 11.9. The molecule has 0 bridgehead atoms. The lowest BCUT2D eigenvalue weighted by Gasteiger charge is -2.05. The van der Waals surface area contributed by atoms with Crippen LogP contribution in [-0.4, -0.2) is 24.3 Å². The fourth-order valence-corrected chi connectivity index (χ4v) is 1.72. The van der Waals surface area contributed by atoms with Gasteiger partial charge < -0.3 is 9.84 Å². The van der Waals surface area contributed by atoms with E-state index in [1.54, 1.807) is 24.3 Å². The second-order valence-electron chi connectivity index (χ2n) is 4.14. The molecule has 6 heteroatoms. The summed E-state index contributed by atoms with van der Waals surface area (Å²) in [5.41, 5.74) is 3.53. The zero-order chi connectivity index (χ0) is 15.2. The molecule has 0 spiro atoms. The van der Waals surface area contributed by atoms with Crippen molar-refractivity contribution >= 4 is 23.7 Å². The Morgan fingerprint density at radius 3 is 2.67 bits per heavy atom. The van der Waals surface area contributed by atoms with Crippen LogP contribution in [0.3, 0.4) is 0 Å². The first-order valence-corrected chi connectivity index (χ1v) is 6.44. The number of halogens is 1. The molecule has 1 amide bonds. The van der Waals surface area contributed by atoms with Gasteiger partial charge in [-0.05, 0) is 35.9 Å². The average molecular weight is 305 g/mol. The van der Waals surface area contributed by atoms with Gasteiger partial charge in [-0.3, -0.25) is 4.79 Å². The van der Waals surface area contributed by atoms with Crippen molar-refractivity contribution in [1.82, 2.24) is 5.43 Å². The number of ether oxygens (including phenoxy) is 1. The molecule has 0 heterocycles. The normalized spacial score (nSPS) is 10.6. The van der Waals surface area contributed by atoms with E-state index in [0.717, 1.165) is 5.56 Å². The Labute approximate surface area is 126 Å². The summed E-state index contributed by atoms with van der Waals surface area (Å²) in [5.74, 6) is -0.207. The fourth-order valence-electron chi connectivity index (χ4n) is 1.60. The lowest BCUT2D eigenvalue weighted by Crippen LogP contribution is -2.17. The molecule has 0 saturated heterocycles. The number of nitrogens with one attached hydrogen (secondary N) is 1. The second-order valence-corrected chi connectivity index (χ2v) is 4.57. The van der Waals surface area contributed by atoms with Gasteiger partial charge in [0.05, 0.1) is 13.3 Å². The molecule has 0 atom stereocenters. The number of hydrogen-bond donors (Lipinski definition) is 2. The van der Waals surface area contributed by atoms with Crippen molar-refractivity contribution in [2.75, 3.05) is 7.11 Å². The number of methoxy groups -OCH3 is 1. The summed E-state index contributed by atoms with van der Waals surface area (Å²) < 4.78 is 4.94. The lowest BCUT2D eigenvalue weighted by atomic mass is 10.2. The standard InChI is InChI=1S/C15H13ClN2O3/c1-21-14-8-11(4-7-13(14)19)15(20)18-17-9-10-2-5-12(16)6-3-10/h2-9,19H,1H3,(H,18,20)/b17-9+. The van der Waals surface area contributed by atoms with Crippen molar-refractivity contribution in [3.05, 3.63) is 58.6 Å². The number of aromatic hydroxyl groups is 1. The minimum atomic E-state index is -0.404.